The third-order valence-electron chi connectivity index (χ3n) is 2.47. The van der Waals surface area contributed by atoms with Crippen LogP contribution >= 0.6 is 0 Å². The van der Waals surface area contributed by atoms with Crippen molar-refractivity contribution >= 4 is 0 Å². The Morgan fingerprint density at radius 3 is 2.92 bits per heavy atom. The highest BCUT2D eigenvalue weighted by Crippen LogP contribution is 2.24. The third kappa shape index (κ3) is 3.37. The van der Waals surface area contributed by atoms with Gasteiger partial charge in [0, 0.05) is 0 Å². The lowest BCUT2D eigenvalue weighted by molar-refractivity contribution is 0.177. The first-order valence-corrected chi connectivity index (χ1v) is 4.82. The highest BCUT2D eigenvalue weighted by Gasteiger charge is 2.21. The zero-order chi connectivity index (χ0) is 8.81. The molecule has 0 aromatic rings. The third-order valence-corrected chi connectivity index (χ3v) is 2.47. The summed E-state index contributed by atoms with van der Waals surface area (Å²) in [5, 5.41) is 12.6. The summed E-state index contributed by atoms with van der Waals surface area (Å²) in [6.45, 7) is 5.75. The molecule has 0 aromatic carbocycles. The molecule has 1 fully saturated rings. The van der Waals surface area contributed by atoms with E-state index in [1.165, 1.54) is 6.42 Å². The van der Waals surface area contributed by atoms with Gasteiger partial charge in [-0.3, -0.25) is 0 Å². The summed E-state index contributed by atoms with van der Waals surface area (Å²) in [5.74, 6) is 0.699. The highest BCUT2D eigenvalue weighted by atomic mass is 16.3. The Kier molecular flexibility index (Phi) is 4.33. The average Bonchev–Trinajstić information content (AvgIpc) is 2.45. The summed E-state index contributed by atoms with van der Waals surface area (Å²) in [7, 11) is 0. The van der Waals surface area contributed by atoms with Gasteiger partial charge in [0.25, 0.3) is 0 Å². The van der Waals surface area contributed by atoms with E-state index in [9.17, 15) is 5.11 Å². The minimum absolute atomic E-state index is 0.0313. The van der Waals surface area contributed by atoms with Gasteiger partial charge in [0.15, 0.2) is 0 Å². The average molecular weight is 169 g/mol. The molecule has 1 rings (SSSR count). The molecule has 0 saturated heterocycles. The molecule has 0 spiro atoms. The second kappa shape index (κ2) is 5.33. The van der Waals surface area contributed by atoms with Crippen LogP contribution in [0.3, 0.4) is 0 Å². The minimum Gasteiger partial charge on any atom is -0.393 e. The number of hydrogen-bond donors (Lipinski definition) is 2. The molecular formula is C10H19NO. The van der Waals surface area contributed by atoms with Crippen LogP contribution in [0.15, 0.2) is 12.7 Å². The van der Waals surface area contributed by atoms with Gasteiger partial charge in [-0.25, -0.2) is 0 Å². The Balaban J connectivity index is 1.96. The van der Waals surface area contributed by atoms with E-state index >= 15 is 0 Å². The van der Waals surface area contributed by atoms with Crippen LogP contribution < -0.4 is 5.32 Å². The highest BCUT2D eigenvalue weighted by molar-refractivity contribution is 4.76. The second-order valence-electron chi connectivity index (χ2n) is 3.61. The summed E-state index contributed by atoms with van der Waals surface area (Å²) in [6.07, 6.45) is 6.10. The standard InChI is InChI=1S/C10H19NO/c1-2-3-6-11-8-9-4-5-10(12)7-9/h2,9-12H,1,3-8H2. The largest absolute Gasteiger partial charge is 0.393 e. The topological polar surface area (TPSA) is 32.3 Å². The molecule has 1 saturated carbocycles. The van der Waals surface area contributed by atoms with Gasteiger partial charge in [-0.15, -0.1) is 6.58 Å². The van der Waals surface area contributed by atoms with Crippen molar-refractivity contribution in [1.82, 2.24) is 5.32 Å². The summed E-state index contributed by atoms with van der Waals surface area (Å²) in [5.41, 5.74) is 0. The van der Waals surface area contributed by atoms with Gasteiger partial charge < -0.3 is 10.4 Å². The molecule has 0 bridgehead atoms. The Bertz CT molecular complexity index is 136. The smallest absolute Gasteiger partial charge is 0.0543 e. The quantitative estimate of drug-likeness (QED) is 0.480. The van der Waals surface area contributed by atoms with E-state index in [1.54, 1.807) is 0 Å². The maximum absolute atomic E-state index is 9.26. The van der Waals surface area contributed by atoms with Crippen molar-refractivity contribution in [3.8, 4) is 0 Å². The van der Waals surface area contributed by atoms with Crippen molar-refractivity contribution in [3.05, 3.63) is 12.7 Å². The van der Waals surface area contributed by atoms with Gasteiger partial charge in [0.05, 0.1) is 6.10 Å². The van der Waals surface area contributed by atoms with E-state index in [2.05, 4.69) is 11.9 Å². The van der Waals surface area contributed by atoms with Crippen molar-refractivity contribution in [1.29, 1.82) is 0 Å². The van der Waals surface area contributed by atoms with Crippen LogP contribution in [-0.4, -0.2) is 24.3 Å². The number of aliphatic hydroxyl groups is 1. The predicted molar refractivity (Wildman–Crippen MR) is 51.0 cm³/mol. The lowest BCUT2D eigenvalue weighted by atomic mass is 10.1. The van der Waals surface area contributed by atoms with E-state index < -0.39 is 0 Å². The molecule has 2 atom stereocenters. The second-order valence-corrected chi connectivity index (χ2v) is 3.61. The normalized spacial score (nSPS) is 29.1. The molecule has 70 valence electrons. The van der Waals surface area contributed by atoms with Gasteiger partial charge in [-0.05, 0) is 44.7 Å². The monoisotopic (exact) mass is 169 g/mol. The summed E-state index contributed by atoms with van der Waals surface area (Å²) < 4.78 is 0. The number of aliphatic hydroxyl groups excluding tert-OH is 1. The fourth-order valence-electron chi connectivity index (χ4n) is 1.74. The Hall–Kier alpha value is -0.340. The molecule has 0 aromatic heterocycles. The lowest BCUT2D eigenvalue weighted by Crippen LogP contribution is -2.22. The molecule has 12 heavy (non-hydrogen) atoms. The van der Waals surface area contributed by atoms with Gasteiger partial charge >= 0.3 is 0 Å². The molecule has 0 heterocycles. The molecule has 0 radical (unpaired) electrons. The molecule has 2 heteroatoms. The van der Waals surface area contributed by atoms with Crippen LogP contribution in [0.2, 0.25) is 0 Å². The summed E-state index contributed by atoms with van der Waals surface area (Å²) in [6, 6.07) is 0. The Morgan fingerprint density at radius 1 is 1.50 bits per heavy atom. The van der Waals surface area contributed by atoms with Gasteiger partial charge in [-0.1, -0.05) is 6.08 Å². The van der Waals surface area contributed by atoms with Gasteiger partial charge in [0.1, 0.15) is 0 Å². The first-order chi connectivity index (χ1) is 5.83. The van der Waals surface area contributed by atoms with Gasteiger partial charge in [-0.2, -0.15) is 0 Å². The molecule has 1 aliphatic carbocycles. The van der Waals surface area contributed by atoms with Crippen molar-refractivity contribution in [3.63, 3.8) is 0 Å². The summed E-state index contributed by atoms with van der Waals surface area (Å²) in [4.78, 5) is 0. The van der Waals surface area contributed by atoms with Crippen LogP contribution in [0.5, 0.6) is 0 Å². The zero-order valence-corrected chi connectivity index (χ0v) is 7.63. The SMILES string of the molecule is C=CCCNCC1CCC(O)C1. The molecule has 0 amide bonds. The van der Waals surface area contributed by atoms with Crippen molar-refractivity contribution in [2.75, 3.05) is 13.1 Å². The molecule has 2 nitrogen and oxygen atoms in total. The molecular weight excluding hydrogens is 150 g/mol. The fraction of sp³-hybridized carbons (Fsp3) is 0.800. The van der Waals surface area contributed by atoms with Crippen LogP contribution in [-0.2, 0) is 0 Å². The van der Waals surface area contributed by atoms with E-state index in [4.69, 9.17) is 0 Å². The first kappa shape index (κ1) is 9.75. The first-order valence-electron chi connectivity index (χ1n) is 4.82. The molecule has 1 aliphatic rings. The van der Waals surface area contributed by atoms with Crippen LogP contribution in [0, 0.1) is 5.92 Å². The Labute approximate surface area is 74.7 Å². The number of rotatable bonds is 5. The molecule has 2 N–H and O–H groups in total. The predicted octanol–water partition coefficient (Wildman–Crippen LogP) is 1.31. The molecule has 0 aliphatic heterocycles. The summed E-state index contributed by atoms with van der Waals surface area (Å²) >= 11 is 0. The fourth-order valence-corrected chi connectivity index (χ4v) is 1.74. The minimum atomic E-state index is -0.0313. The number of nitrogens with one attached hydrogen (secondary N) is 1. The van der Waals surface area contributed by atoms with E-state index in [-0.39, 0.29) is 6.10 Å². The van der Waals surface area contributed by atoms with Gasteiger partial charge in [0.2, 0.25) is 0 Å². The zero-order valence-electron chi connectivity index (χ0n) is 7.63. The Morgan fingerprint density at radius 2 is 2.33 bits per heavy atom. The van der Waals surface area contributed by atoms with Crippen molar-refractivity contribution in [2.24, 2.45) is 5.92 Å². The molecule has 2 unspecified atom stereocenters. The maximum atomic E-state index is 9.26. The lowest BCUT2D eigenvalue weighted by Gasteiger charge is -2.09. The van der Waals surface area contributed by atoms with E-state index in [0.717, 1.165) is 32.4 Å². The van der Waals surface area contributed by atoms with E-state index in [0.29, 0.717) is 5.92 Å². The van der Waals surface area contributed by atoms with Crippen LogP contribution in [0.4, 0.5) is 0 Å². The number of hydrogen-bond acceptors (Lipinski definition) is 2. The van der Waals surface area contributed by atoms with Crippen molar-refractivity contribution < 1.29 is 5.11 Å². The van der Waals surface area contributed by atoms with Crippen LogP contribution in [0.1, 0.15) is 25.7 Å². The van der Waals surface area contributed by atoms with E-state index in [1.807, 2.05) is 6.08 Å². The van der Waals surface area contributed by atoms with Crippen molar-refractivity contribution in [2.45, 2.75) is 31.8 Å². The van der Waals surface area contributed by atoms with Crippen LogP contribution in [0.25, 0.3) is 0 Å². The maximum Gasteiger partial charge on any atom is 0.0543 e.